The lowest BCUT2D eigenvalue weighted by atomic mass is 10.1. The highest BCUT2D eigenvalue weighted by molar-refractivity contribution is 5.88. The maximum absolute atomic E-state index is 11.2. The monoisotopic (exact) mass is 330 g/mol. The number of anilines is 2. The molecule has 0 aliphatic heterocycles. The van der Waals surface area contributed by atoms with Gasteiger partial charge in [-0.1, -0.05) is 60.7 Å². The summed E-state index contributed by atoms with van der Waals surface area (Å²) in [5, 5.41) is 2.81. The predicted molar refractivity (Wildman–Crippen MR) is 104 cm³/mol. The van der Waals surface area contributed by atoms with Crippen LogP contribution in [0.2, 0.25) is 0 Å². The van der Waals surface area contributed by atoms with Crippen LogP contribution >= 0.6 is 0 Å². The minimum atomic E-state index is -0.0572. The van der Waals surface area contributed by atoms with E-state index in [1.165, 1.54) is 18.1 Å². The minimum absolute atomic E-state index is 0.0572. The second kappa shape index (κ2) is 8.15. The molecule has 0 spiro atoms. The fourth-order valence-electron chi connectivity index (χ4n) is 2.80. The molecule has 3 heteroatoms. The van der Waals surface area contributed by atoms with Crippen LogP contribution < -0.4 is 10.2 Å². The third-order valence-electron chi connectivity index (χ3n) is 3.99. The van der Waals surface area contributed by atoms with Crippen LogP contribution in [0.4, 0.5) is 11.4 Å². The van der Waals surface area contributed by atoms with Gasteiger partial charge in [-0.2, -0.15) is 0 Å². The Morgan fingerprint density at radius 1 is 0.760 bits per heavy atom. The van der Waals surface area contributed by atoms with Gasteiger partial charge in [0.05, 0.1) is 0 Å². The summed E-state index contributed by atoms with van der Waals surface area (Å²) in [7, 11) is 0. The van der Waals surface area contributed by atoms with Gasteiger partial charge >= 0.3 is 0 Å². The minimum Gasteiger partial charge on any atom is -0.363 e. The largest absolute Gasteiger partial charge is 0.363 e. The summed E-state index contributed by atoms with van der Waals surface area (Å²) in [6, 6.07) is 28.9. The summed E-state index contributed by atoms with van der Waals surface area (Å²) < 4.78 is 0. The van der Waals surface area contributed by atoms with E-state index in [0.717, 1.165) is 24.5 Å². The van der Waals surface area contributed by atoms with Crippen LogP contribution in [0.15, 0.2) is 84.9 Å². The lowest BCUT2D eigenvalue weighted by Gasteiger charge is -2.25. The SMILES string of the molecule is CC(=O)Nc1ccc(N(Cc2ccccc2)Cc2ccccc2)cc1. The number of hydrogen-bond donors (Lipinski definition) is 1. The van der Waals surface area contributed by atoms with Crippen LogP contribution in [0.25, 0.3) is 0 Å². The van der Waals surface area contributed by atoms with Crippen molar-refractivity contribution < 1.29 is 4.79 Å². The molecule has 3 nitrogen and oxygen atoms in total. The lowest BCUT2D eigenvalue weighted by Crippen LogP contribution is -2.22. The van der Waals surface area contributed by atoms with Crippen LogP contribution in [0.5, 0.6) is 0 Å². The van der Waals surface area contributed by atoms with Gasteiger partial charge in [0.25, 0.3) is 0 Å². The molecule has 0 fully saturated rings. The molecule has 1 amide bonds. The van der Waals surface area contributed by atoms with Crippen LogP contribution in [0, 0.1) is 0 Å². The molecule has 126 valence electrons. The van der Waals surface area contributed by atoms with Crippen LogP contribution in [-0.4, -0.2) is 5.91 Å². The average molecular weight is 330 g/mol. The van der Waals surface area contributed by atoms with Crippen LogP contribution in [-0.2, 0) is 17.9 Å². The van der Waals surface area contributed by atoms with Crippen molar-refractivity contribution in [3.63, 3.8) is 0 Å². The molecule has 0 heterocycles. The summed E-state index contributed by atoms with van der Waals surface area (Å²) in [4.78, 5) is 13.5. The molecule has 0 radical (unpaired) electrons. The zero-order valence-corrected chi connectivity index (χ0v) is 14.4. The quantitative estimate of drug-likeness (QED) is 0.700. The first-order valence-corrected chi connectivity index (χ1v) is 8.41. The first kappa shape index (κ1) is 16.8. The summed E-state index contributed by atoms with van der Waals surface area (Å²) in [5.41, 5.74) is 4.48. The lowest BCUT2D eigenvalue weighted by molar-refractivity contribution is -0.114. The van der Waals surface area contributed by atoms with E-state index in [-0.39, 0.29) is 5.91 Å². The van der Waals surface area contributed by atoms with Crippen molar-refractivity contribution in [3.05, 3.63) is 96.1 Å². The standard InChI is InChI=1S/C22H22N2O/c1-18(25)23-21-12-14-22(15-13-21)24(16-19-8-4-2-5-9-19)17-20-10-6-3-7-11-20/h2-15H,16-17H2,1H3,(H,23,25). The summed E-state index contributed by atoms with van der Waals surface area (Å²) in [6.45, 7) is 3.18. The molecular formula is C22H22N2O. The summed E-state index contributed by atoms with van der Waals surface area (Å²) in [5.74, 6) is -0.0572. The average Bonchev–Trinajstić information content (AvgIpc) is 2.63. The number of nitrogens with zero attached hydrogens (tertiary/aromatic N) is 1. The molecule has 25 heavy (non-hydrogen) atoms. The Morgan fingerprint density at radius 2 is 1.24 bits per heavy atom. The molecular weight excluding hydrogens is 308 g/mol. The number of rotatable bonds is 6. The van der Waals surface area contributed by atoms with Gasteiger partial charge in [0.2, 0.25) is 5.91 Å². The van der Waals surface area contributed by atoms with Crippen molar-refractivity contribution in [3.8, 4) is 0 Å². The van der Waals surface area contributed by atoms with Crippen LogP contribution in [0.3, 0.4) is 0 Å². The molecule has 3 aromatic carbocycles. The number of nitrogens with one attached hydrogen (secondary N) is 1. The molecule has 0 saturated heterocycles. The Morgan fingerprint density at radius 3 is 1.68 bits per heavy atom. The van der Waals surface area contributed by atoms with Gasteiger partial charge in [-0.25, -0.2) is 0 Å². The Labute approximate surface area is 148 Å². The molecule has 0 aliphatic rings. The zero-order valence-electron chi connectivity index (χ0n) is 14.4. The summed E-state index contributed by atoms with van der Waals surface area (Å²) >= 11 is 0. The van der Waals surface area contributed by atoms with Gasteiger partial charge < -0.3 is 10.2 Å². The topological polar surface area (TPSA) is 32.3 Å². The Kier molecular flexibility index (Phi) is 5.47. The Bertz CT molecular complexity index is 757. The van der Waals surface area contributed by atoms with Crippen molar-refractivity contribution in [1.29, 1.82) is 0 Å². The predicted octanol–water partition coefficient (Wildman–Crippen LogP) is 4.85. The number of carbonyl (C=O) groups is 1. The molecule has 0 saturated carbocycles. The highest BCUT2D eigenvalue weighted by Crippen LogP contribution is 2.22. The fourth-order valence-corrected chi connectivity index (χ4v) is 2.80. The molecule has 0 aliphatic carbocycles. The number of carbonyl (C=O) groups excluding carboxylic acids is 1. The van der Waals surface area contributed by atoms with Crippen molar-refractivity contribution in [2.75, 3.05) is 10.2 Å². The molecule has 0 bridgehead atoms. The van der Waals surface area contributed by atoms with Crippen LogP contribution in [0.1, 0.15) is 18.1 Å². The van der Waals surface area contributed by atoms with Crippen molar-refractivity contribution in [2.45, 2.75) is 20.0 Å². The molecule has 3 rings (SSSR count). The zero-order chi connectivity index (χ0) is 17.5. The highest BCUT2D eigenvalue weighted by atomic mass is 16.1. The first-order chi connectivity index (χ1) is 12.2. The van der Waals surface area contributed by atoms with Gasteiger partial charge in [0, 0.05) is 31.4 Å². The molecule has 3 aromatic rings. The number of hydrogen-bond acceptors (Lipinski definition) is 2. The van der Waals surface area contributed by atoms with E-state index in [1.54, 1.807) is 0 Å². The normalized spacial score (nSPS) is 10.3. The van der Waals surface area contributed by atoms with Crippen molar-refractivity contribution in [2.24, 2.45) is 0 Å². The highest BCUT2D eigenvalue weighted by Gasteiger charge is 2.09. The second-order valence-electron chi connectivity index (χ2n) is 6.06. The van der Waals surface area contributed by atoms with Gasteiger partial charge in [-0.05, 0) is 35.4 Å². The van der Waals surface area contributed by atoms with E-state index in [1.807, 2.05) is 24.3 Å². The second-order valence-corrected chi connectivity index (χ2v) is 6.06. The smallest absolute Gasteiger partial charge is 0.221 e. The van der Waals surface area contributed by atoms with Crippen molar-refractivity contribution in [1.82, 2.24) is 0 Å². The van der Waals surface area contributed by atoms with Gasteiger partial charge in [-0.15, -0.1) is 0 Å². The number of benzene rings is 3. The fraction of sp³-hybridized carbons (Fsp3) is 0.136. The van der Waals surface area contributed by atoms with E-state index in [9.17, 15) is 4.79 Å². The number of amides is 1. The van der Waals surface area contributed by atoms with E-state index in [2.05, 4.69) is 70.9 Å². The third kappa shape index (κ3) is 4.95. The Hall–Kier alpha value is -3.07. The third-order valence-corrected chi connectivity index (χ3v) is 3.99. The van der Waals surface area contributed by atoms with E-state index in [0.29, 0.717) is 0 Å². The van der Waals surface area contributed by atoms with Gasteiger partial charge in [0.15, 0.2) is 0 Å². The first-order valence-electron chi connectivity index (χ1n) is 8.41. The van der Waals surface area contributed by atoms with Gasteiger partial charge in [-0.3, -0.25) is 4.79 Å². The van der Waals surface area contributed by atoms with E-state index < -0.39 is 0 Å². The Balaban J connectivity index is 1.83. The molecule has 0 atom stereocenters. The maximum atomic E-state index is 11.2. The van der Waals surface area contributed by atoms with Crippen molar-refractivity contribution >= 4 is 17.3 Å². The van der Waals surface area contributed by atoms with E-state index in [4.69, 9.17) is 0 Å². The molecule has 0 aromatic heterocycles. The van der Waals surface area contributed by atoms with E-state index >= 15 is 0 Å². The van der Waals surface area contributed by atoms with Gasteiger partial charge in [0.1, 0.15) is 0 Å². The maximum Gasteiger partial charge on any atom is 0.221 e. The molecule has 1 N–H and O–H groups in total. The summed E-state index contributed by atoms with van der Waals surface area (Å²) in [6.07, 6.45) is 0. The molecule has 0 unspecified atom stereocenters.